The Bertz CT molecular complexity index is 3170. The molecule has 6 heterocycles. The SMILES string of the molecule is CCN(C(=O)c1cc(F)ccc1Oc1nncnc1N1CCC2(C1)CN([C@H](CCCN(C)[C@@H](C)CC(=O)NC)C(C)C)C2)C(C)C.CCN(C(=O)c1cc(F)ccc1Oc1nncnc1N1CCC2(C1)CN([C@H](CCCN(C)[C@@H](C)CC(=O)NC)C(C)C)C2)C(C)C.O=C(O)/C=C/C(=O)O. The van der Waals surface area contributed by atoms with E-state index >= 15 is 0 Å². The van der Waals surface area contributed by atoms with Gasteiger partial charge in [0.15, 0.2) is 11.6 Å². The van der Waals surface area contributed by atoms with Gasteiger partial charge in [0.25, 0.3) is 23.6 Å². The largest absolute Gasteiger partial charge is 0.478 e. The molecule has 28 heteroatoms. The molecule has 4 atom stereocenters. The second-order valence-corrected chi connectivity index (χ2v) is 28.5. The van der Waals surface area contributed by atoms with Crippen LogP contribution in [0.25, 0.3) is 0 Å². The van der Waals surface area contributed by atoms with Crippen LogP contribution in [0.15, 0.2) is 61.2 Å². The quantitative estimate of drug-likeness (QED) is 0.0333. The van der Waals surface area contributed by atoms with E-state index in [1.54, 1.807) is 23.9 Å². The van der Waals surface area contributed by atoms with Crippen LogP contribution in [0.4, 0.5) is 20.4 Å². The number of nitrogens with zero attached hydrogens (tertiary/aromatic N) is 14. The Kier molecular flexibility index (Phi) is 30.4. The maximum Gasteiger partial charge on any atom is 0.328 e. The Morgan fingerprint density at radius 3 is 1.25 bits per heavy atom. The first-order chi connectivity index (χ1) is 47.4. The van der Waals surface area contributed by atoms with E-state index in [2.05, 4.69) is 126 Å². The number of carbonyl (C=O) groups excluding carboxylic acids is 4. The van der Waals surface area contributed by atoms with E-state index < -0.39 is 23.6 Å². The summed E-state index contributed by atoms with van der Waals surface area (Å²) in [6.45, 7) is 35.3. The summed E-state index contributed by atoms with van der Waals surface area (Å²) in [4.78, 5) is 96.0. The molecule has 0 saturated carbocycles. The number of ether oxygens (including phenoxy) is 2. The average Bonchev–Trinajstić information content (AvgIpc) is 1.57. The Morgan fingerprint density at radius 2 is 0.940 bits per heavy atom. The highest BCUT2D eigenvalue weighted by Crippen LogP contribution is 2.47. The lowest BCUT2D eigenvalue weighted by Crippen LogP contribution is -2.62. The van der Waals surface area contributed by atoms with E-state index in [1.165, 1.54) is 49.1 Å². The summed E-state index contributed by atoms with van der Waals surface area (Å²) in [5, 5.41) is 37.5. The molecule has 0 bridgehead atoms. The van der Waals surface area contributed by atoms with Crippen molar-refractivity contribution in [3.63, 3.8) is 0 Å². The predicted octanol–water partition coefficient (Wildman–Crippen LogP) is 8.61. The van der Waals surface area contributed by atoms with Gasteiger partial charge in [0.1, 0.15) is 35.8 Å². The molecule has 100 heavy (non-hydrogen) atoms. The van der Waals surface area contributed by atoms with Crippen molar-refractivity contribution in [3.05, 3.63) is 84.0 Å². The fourth-order valence-electron chi connectivity index (χ4n) is 14.1. The maximum atomic E-state index is 14.3. The molecule has 2 spiro atoms. The van der Waals surface area contributed by atoms with Gasteiger partial charge in [-0.15, -0.1) is 20.4 Å². The average molecular weight is 1400 g/mol. The number of aliphatic carboxylic acids is 2. The van der Waals surface area contributed by atoms with Crippen molar-refractivity contribution in [1.82, 2.24) is 70.4 Å². The standard InChI is InChI=1S/2C34H53FN8O3.C4H4O4/c2*1-9-43(24(4)5)33(45)27-18-26(35)12-13-29(27)46-32-31(37-22-38-39-32)41-16-14-34(19-41)20-42(21-34)28(23(2)3)11-10-15-40(8)25(6)17-30(44)36-7;5-3(6)1-2-4(7)8/h2*12-13,18,22-25,28H,9-11,14-17,19-21H2,1-8H3,(H,36,44);1-2H,(H,5,6)(H,7,8)/b;;2-1+/t2*25-,28+;/m00./s1. The van der Waals surface area contributed by atoms with Gasteiger partial charge in [0, 0.05) is 152 Å². The van der Waals surface area contributed by atoms with Gasteiger partial charge in [-0.3, -0.25) is 29.0 Å². The molecule has 4 N–H and O–H groups in total. The van der Waals surface area contributed by atoms with Gasteiger partial charge >= 0.3 is 11.9 Å². The number of hydrogen-bond acceptors (Lipinski definition) is 20. The summed E-state index contributed by atoms with van der Waals surface area (Å²) in [6.07, 6.45) is 11.5. The van der Waals surface area contributed by atoms with Crippen LogP contribution in [0.3, 0.4) is 0 Å². The second-order valence-electron chi connectivity index (χ2n) is 28.5. The Labute approximate surface area is 589 Å². The van der Waals surface area contributed by atoms with Crippen molar-refractivity contribution < 1.29 is 57.2 Å². The molecule has 4 fully saturated rings. The molecule has 4 aromatic rings. The van der Waals surface area contributed by atoms with Crippen molar-refractivity contribution >= 4 is 47.2 Å². The number of benzene rings is 2. The van der Waals surface area contributed by atoms with Gasteiger partial charge in [-0.2, -0.15) is 0 Å². The Balaban J connectivity index is 0.000000284. The third-order valence-corrected chi connectivity index (χ3v) is 19.9. The number of amides is 4. The van der Waals surface area contributed by atoms with E-state index in [4.69, 9.17) is 19.7 Å². The predicted molar refractivity (Wildman–Crippen MR) is 380 cm³/mol. The lowest BCUT2D eigenvalue weighted by Gasteiger charge is -2.53. The summed E-state index contributed by atoms with van der Waals surface area (Å²) in [5.74, 6) is -0.859. The molecule has 4 saturated heterocycles. The van der Waals surface area contributed by atoms with E-state index in [1.807, 2.05) is 41.5 Å². The first-order valence-corrected chi connectivity index (χ1v) is 35.2. The third-order valence-electron chi connectivity index (χ3n) is 19.9. The first kappa shape index (κ1) is 80.9. The van der Waals surface area contributed by atoms with Crippen LogP contribution in [0.5, 0.6) is 23.3 Å². The lowest BCUT2D eigenvalue weighted by molar-refractivity contribution is -0.134. The molecule has 0 unspecified atom stereocenters. The van der Waals surface area contributed by atoms with Crippen LogP contribution in [-0.2, 0) is 19.2 Å². The smallest absolute Gasteiger partial charge is 0.328 e. The zero-order valence-electron chi connectivity index (χ0n) is 61.7. The molecule has 2 aromatic heterocycles. The fraction of sp³-hybridized carbons (Fsp3) is 0.639. The number of carboxylic acids is 2. The van der Waals surface area contributed by atoms with Gasteiger partial charge in [0.05, 0.1) is 11.1 Å². The van der Waals surface area contributed by atoms with Crippen molar-refractivity contribution in [2.24, 2.45) is 22.7 Å². The third kappa shape index (κ3) is 22.2. The van der Waals surface area contributed by atoms with Gasteiger partial charge in [0.2, 0.25) is 11.8 Å². The number of nitrogens with one attached hydrogen (secondary N) is 2. The minimum Gasteiger partial charge on any atom is -0.478 e. The van der Waals surface area contributed by atoms with E-state index in [0.717, 1.165) is 104 Å². The Hall–Kier alpha value is -8.08. The van der Waals surface area contributed by atoms with Crippen molar-refractivity contribution in [2.75, 3.05) is 117 Å². The second kappa shape index (κ2) is 37.6. The number of rotatable bonds is 32. The number of carbonyl (C=O) groups is 6. The zero-order chi connectivity index (χ0) is 73.8. The zero-order valence-corrected chi connectivity index (χ0v) is 61.7. The molecular formula is C72H110F2N16O10. The molecule has 26 nitrogen and oxygen atoms in total. The Morgan fingerprint density at radius 1 is 0.580 bits per heavy atom. The van der Waals surface area contributed by atoms with E-state index in [9.17, 15) is 37.5 Å². The maximum absolute atomic E-state index is 14.3. The van der Waals surface area contributed by atoms with Gasteiger partial charge in [-0.25, -0.2) is 28.3 Å². The normalized spacial score (nSPS) is 16.8. The minimum absolute atomic E-state index is 0.0502. The first-order valence-electron chi connectivity index (χ1n) is 35.2. The molecule has 4 amide bonds. The number of aromatic nitrogens is 6. The molecule has 4 aliphatic rings. The number of likely N-dealkylation sites (tertiary alicyclic amines) is 2. The lowest BCUT2D eigenvalue weighted by atomic mass is 9.76. The van der Waals surface area contributed by atoms with Crippen LogP contribution >= 0.6 is 0 Å². The van der Waals surface area contributed by atoms with Crippen LogP contribution in [-0.4, -0.2) is 249 Å². The van der Waals surface area contributed by atoms with Crippen LogP contribution in [0.1, 0.15) is 155 Å². The van der Waals surface area contributed by atoms with Crippen LogP contribution in [0, 0.1) is 34.3 Å². The monoisotopic (exact) mass is 1400 g/mol. The van der Waals surface area contributed by atoms with Crippen LogP contribution in [0.2, 0.25) is 0 Å². The van der Waals surface area contributed by atoms with Crippen molar-refractivity contribution in [1.29, 1.82) is 0 Å². The highest BCUT2D eigenvalue weighted by atomic mass is 19.1. The highest BCUT2D eigenvalue weighted by Gasteiger charge is 2.52. The molecule has 4 aliphatic heterocycles. The summed E-state index contributed by atoms with van der Waals surface area (Å²) >= 11 is 0. The molecule has 0 radical (unpaired) electrons. The van der Waals surface area contributed by atoms with Gasteiger partial charge in [-0.1, -0.05) is 27.7 Å². The number of carboxylic acid groups (broad SMARTS) is 2. The summed E-state index contributed by atoms with van der Waals surface area (Å²) in [6, 6.07) is 9.26. The van der Waals surface area contributed by atoms with Crippen molar-refractivity contribution in [2.45, 2.75) is 171 Å². The van der Waals surface area contributed by atoms with Crippen molar-refractivity contribution in [3.8, 4) is 23.3 Å². The molecular weight excluding hydrogens is 1290 g/mol. The highest BCUT2D eigenvalue weighted by molar-refractivity contribution is 5.98. The van der Waals surface area contributed by atoms with Gasteiger partial charge in [-0.05, 0) is 169 Å². The summed E-state index contributed by atoms with van der Waals surface area (Å²) < 4.78 is 41.0. The summed E-state index contributed by atoms with van der Waals surface area (Å²) in [5.41, 5.74) is 0.631. The van der Waals surface area contributed by atoms with Gasteiger partial charge < -0.3 is 59.7 Å². The number of halogens is 2. The summed E-state index contributed by atoms with van der Waals surface area (Å²) in [7, 11) is 7.57. The fourth-order valence-corrected chi connectivity index (χ4v) is 14.1. The van der Waals surface area contributed by atoms with E-state index in [-0.39, 0.29) is 93.0 Å². The number of hydrogen-bond donors (Lipinski definition) is 4. The molecule has 8 rings (SSSR count). The molecule has 2 aromatic carbocycles. The topological polar surface area (TPSA) is 289 Å². The number of anilines is 2. The van der Waals surface area contributed by atoms with E-state index in [0.29, 0.717) is 73.6 Å². The molecule has 552 valence electrons. The van der Waals surface area contributed by atoms with Crippen LogP contribution < -0.4 is 29.9 Å². The molecule has 0 aliphatic carbocycles. The minimum atomic E-state index is -1.26.